The Balaban J connectivity index is 2.30. The van der Waals surface area contributed by atoms with Crippen LogP contribution in [0.2, 0.25) is 0 Å². The van der Waals surface area contributed by atoms with E-state index in [2.05, 4.69) is 5.32 Å². The Kier molecular flexibility index (Phi) is 6.39. The molecule has 0 radical (unpaired) electrons. The van der Waals surface area contributed by atoms with Gasteiger partial charge in [-0.2, -0.15) is 9.57 Å². The maximum absolute atomic E-state index is 12.7. The number of anilines is 1. The topological polar surface area (TPSA) is 117 Å². The fourth-order valence-electron chi connectivity index (χ4n) is 2.89. The van der Waals surface area contributed by atoms with Crippen molar-refractivity contribution in [3.63, 3.8) is 0 Å². The third-order valence-corrected chi connectivity index (χ3v) is 6.61. The summed E-state index contributed by atoms with van der Waals surface area (Å²) in [4.78, 5) is 24.9. The van der Waals surface area contributed by atoms with E-state index in [0.717, 1.165) is 24.0 Å². The van der Waals surface area contributed by atoms with Crippen molar-refractivity contribution in [2.24, 2.45) is 0 Å². The number of piperidine rings is 1. The highest BCUT2D eigenvalue weighted by atomic mass is 32.2. The fourth-order valence-corrected chi connectivity index (χ4v) is 5.06. The molecule has 2 rings (SSSR count). The molecule has 8 nitrogen and oxygen atoms in total. The lowest BCUT2D eigenvalue weighted by atomic mass is 10.0. The molecule has 1 fully saturated rings. The number of hydrogen-bond acceptors (Lipinski definition) is 7. The summed E-state index contributed by atoms with van der Waals surface area (Å²) in [5.74, 6) is -1.05. The van der Waals surface area contributed by atoms with Crippen LogP contribution >= 0.6 is 11.3 Å². The second-order valence-electron chi connectivity index (χ2n) is 5.97. The molecule has 1 aromatic heterocycles. The molecule has 0 aromatic carbocycles. The molecule has 0 spiro atoms. The van der Waals surface area contributed by atoms with Crippen LogP contribution in [0.25, 0.3) is 0 Å². The first kappa shape index (κ1) is 20.4. The molecule has 26 heavy (non-hydrogen) atoms. The first-order valence-corrected chi connectivity index (χ1v) is 10.9. The van der Waals surface area contributed by atoms with Crippen LogP contribution in [0.4, 0.5) is 5.00 Å². The minimum atomic E-state index is -3.51. The summed E-state index contributed by atoms with van der Waals surface area (Å²) in [5, 5.41) is 12.2. The summed E-state index contributed by atoms with van der Waals surface area (Å²) in [6.45, 7) is 3.78. The van der Waals surface area contributed by atoms with Gasteiger partial charge >= 0.3 is 5.97 Å². The minimum absolute atomic E-state index is 0.188. The number of carbonyl (C=O) groups is 2. The van der Waals surface area contributed by atoms with E-state index in [4.69, 9.17) is 4.74 Å². The Morgan fingerprint density at radius 3 is 2.69 bits per heavy atom. The van der Waals surface area contributed by atoms with E-state index < -0.39 is 27.9 Å². The zero-order valence-electron chi connectivity index (χ0n) is 14.9. The zero-order valence-corrected chi connectivity index (χ0v) is 16.5. The number of nitriles is 1. The number of thiophene rings is 1. The van der Waals surface area contributed by atoms with Crippen molar-refractivity contribution in [2.45, 2.75) is 39.2 Å². The molecule has 142 valence electrons. The van der Waals surface area contributed by atoms with Crippen molar-refractivity contribution >= 4 is 38.2 Å². The highest BCUT2D eigenvalue weighted by molar-refractivity contribution is 7.88. The highest BCUT2D eigenvalue weighted by Gasteiger charge is 2.35. The van der Waals surface area contributed by atoms with Crippen LogP contribution in [0.15, 0.2) is 0 Å². The van der Waals surface area contributed by atoms with Gasteiger partial charge in [0.2, 0.25) is 15.9 Å². The first-order valence-electron chi connectivity index (χ1n) is 8.19. The lowest BCUT2D eigenvalue weighted by molar-refractivity contribution is -0.120. The van der Waals surface area contributed by atoms with Gasteiger partial charge in [-0.1, -0.05) is 6.42 Å². The molecule has 2 heterocycles. The van der Waals surface area contributed by atoms with E-state index in [-0.39, 0.29) is 22.0 Å². The molecule has 1 amide bonds. The van der Waals surface area contributed by atoms with Crippen LogP contribution in [-0.2, 0) is 19.6 Å². The van der Waals surface area contributed by atoms with Gasteiger partial charge in [-0.25, -0.2) is 13.2 Å². The Bertz CT molecular complexity index is 854. The summed E-state index contributed by atoms with van der Waals surface area (Å²) >= 11 is 0.963. The number of rotatable bonds is 5. The van der Waals surface area contributed by atoms with Crippen LogP contribution in [0, 0.1) is 18.3 Å². The van der Waals surface area contributed by atoms with Crippen molar-refractivity contribution in [3.05, 3.63) is 16.0 Å². The van der Waals surface area contributed by atoms with Crippen molar-refractivity contribution in [1.29, 1.82) is 5.26 Å². The summed E-state index contributed by atoms with van der Waals surface area (Å²) in [6.07, 6.45) is 2.93. The van der Waals surface area contributed by atoms with Gasteiger partial charge in [-0.15, -0.1) is 11.3 Å². The van der Waals surface area contributed by atoms with Crippen molar-refractivity contribution in [3.8, 4) is 6.07 Å². The van der Waals surface area contributed by atoms with Crippen molar-refractivity contribution in [1.82, 2.24) is 4.31 Å². The number of amides is 1. The lowest BCUT2D eigenvalue weighted by Crippen LogP contribution is -2.49. The minimum Gasteiger partial charge on any atom is -0.462 e. The number of sulfonamides is 1. The molecule has 0 aliphatic carbocycles. The van der Waals surface area contributed by atoms with E-state index in [1.165, 1.54) is 4.31 Å². The number of nitrogens with one attached hydrogen (secondary N) is 1. The predicted octanol–water partition coefficient (Wildman–Crippen LogP) is 1.86. The Morgan fingerprint density at radius 1 is 1.42 bits per heavy atom. The van der Waals surface area contributed by atoms with E-state index in [1.807, 2.05) is 6.07 Å². The third kappa shape index (κ3) is 4.23. The molecule has 1 saturated heterocycles. The highest BCUT2D eigenvalue weighted by Crippen LogP contribution is 2.33. The van der Waals surface area contributed by atoms with Gasteiger partial charge in [0.1, 0.15) is 22.0 Å². The van der Waals surface area contributed by atoms with Crippen LogP contribution in [0.5, 0.6) is 0 Å². The van der Waals surface area contributed by atoms with Crippen LogP contribution in [-0.4, -0.2) is 50.0 Å². The average molecular weight is 399 g/mol. The summed E-state index contributed by atoms with van der Waals surface area (Å²) in [5.41, 5.74) is 0.628. The van der Waals surface area contributed by atoms with Gasteiger partial charge in [-0.3, -0.25) is 4.79 Å². The van der Waals surface area contributed by atoms with Gasteiger partial charge in [0, 0.05) is 6.54 Å². The van der Waals surface area contributed by atoms with Gasteiger partial charge in [0.25, 0.3) is 0 Å². The molecule has 1 atom stereocenters. The molecule has 0 saturated carbocycles. The van der Waals surface area contributed by atoms with Gasteiger partial charge in [0.15, 0.2) is 0 Å². The van der Waals surface area contributed by atoms with Gasteiger partial charge in [0.05, 0.1) is 18.4 Å². The summed E-state index contributed by atoms with van der Waals surface area (Å²) in [6, 6.07) is 1.17. The Labute approximate surface area is 156 Å². The molecule has 1 unspecified atom stereocenters. The maximum atomic E-state index is 12.7. The third-order valence-electron chi connectivity index (χ3n) is 4.14. The quantitative estimate of drug-likeness (QED) is 0.755. The van der Waals surface area contributed by atoms with Gasteiger partial charge in [-0.05, 0) is 32.3 Å². The molecule has 10 heteroatoms. The largest absolute Gasteiger partial charge is 0.462 e. The number of ether oxygens (including phenoxy) is 1. The Hall–Kier alpha value is -1.96. The van der Waals surface area contributed by atoms with Gasteiger partial charge < -0.3 is 10.1 Å². The SMILES string of the molecule is CCOC(=O)c1sc(NC(=O)C2CCCCN2S(C)(=O)=O)c(C#N)c1C. The van der Waals surface area contributed by atoms with Crippen LogP contribution in [0.3, 0.4) is 0 Å². The van der Waals surface area contributed by atoms with Crippen LogP contribution in [0.1, 0.15) is 47.0 Å². The summed E-state index contributed by atoms with van der Waals surface area (Å²) in [7, 11) is -3.51. The van der Waals surface area contributed by atoms with E-state index in [1.54, 1.807) is 13.8 Å². The standard InChI is InChI=1S/C16H21N3O5S2/c1-4-24-16(21)13-10(2)11(9-17)15(25-13)18-14(20)12-7-5-6-8-19(12)26(3,22)23/h12H,4-8H2,1-3H3,(H,18,20). The number of esters is 1. The first-order chi connectivity index (χ1) is 12.2. The number of carbonyl (C=O) groups excluding carboxylic acids is 2. The second kappa shape index (κ2) is 8.16. The average Bonchev–Trinajstić information content (AvgIpc) is 2.89. The molecule has 0 bridgehead atoms. The van der Waals surface area contributed by atoms with Crippen molar-refractivity contribution in [2.75, 3.05) is 24.7 Å². The number of nitrogens with zero attached hydrogens (tertiary/aromatic N) is 2. The fraction of sp³-hybridized carbons (Fsp3) is 0.562. The zero-order chi connectivity index (χ0) is 19.5. The molecule has 1 aliphatic heterocycles. The lowest BCUT2D eigenvalue weighted by Gasteiger charge is -2.32. The van der Waals surface area contributed by atoms with E-state index in [9.17, 15) is 23.3 Å². The normalized spacial score (nSPS) is 18.2. The van der Waals surface area contributed by atoms with Crippen molar-refractivity contribution < 1.29 is 22.7 Å². The predicted molar refractivity (Wildman–Crippen MR) is 97.5 cm³/mol. The molecule has 1 aromatic rings. The Morgan fingerprint density at radius 2 is 2.12 bits per heavy atom. The maximum Gasteiger partial charge on any atom is 0.348 e. The molecule has 1 N–H and O–H groups in total. The molecular formula is C16H21N3O5S2. The molecule has 1 aliphatic rings. The summed E-state index contributed by atoms with van der Waals surface area (Å²) < 4.78 is 30.0. The second-order valence-corrected chi connectivity index (χ2v) is 8.92. The number of hydrogen-bond donors (Lipinski definition) is 1. The monoisotopic (exact) mass is 399 g/mol. The smallest absolute Gasteiger partial charge is 0.348 e. The van der Waals surface area contributed by atoms with Crippen LogP contribution < -0.4 is 5.32 Å². The molecular weight excluding hydrogens is 378 g/mol. The van der Waals surface area contributed by atoms with E-state index >= 15 is 0 Å². The van der Waals surface area contributed by atoms with E-state index in [0.29, 0.717) is 24.9 Å².